The zero-order chi connectivity index (χ0) is 14.2. The lowest BCUT2D eigenvalue weighted by atomic mass is 10.0. The molecule has 1 N–H and O–H groups in total. The van der Waals surface area contributed by atoms with Crippen LogP contribution >= 0.6 is 0 Å². The maximum absolute atomic E-state index is 5.54. The van der Waals surface area contributed by atoms with E-state index in [4.69, 9.17) is 9.47 Å². The van der Waals surface area contributed by atoms with E-state index in [0.29, 0.717) is 6.61 Å². The topological polar surface area (TPSA) is 30.5 Å². The lowest BCUT2D eigenvalue weighted by Crippen LogP contribution is -2.13. The maximum Gasteiger partial charge on any atom is 0.162 e. The van der Waals surface area contributed by atoms with Gasteiger partial charge in [-0.1, -0.05) is 25.7 Å². The Kier molecular flexibility index (Phi) is 6.03. The van der Waals surface area contributed by atoms with Gasteiger partial charge in [-0.05, 0) is 37.8 Å². The van der Waals surface area contributed by atoms with Crippen molar-refractivity contribution >= 4 is 5.69 Å². The molecule has 3 nitrogen and oxygen atoms in total. The first-order valence-electron chi connectivity index (χ1n) is 7.88. The van der Waals surface area contributed by atoms with Gasteiger partial charge in [-0.2, -0.15) is 0 Å². The van der Waals surface area contributed by atoms with Crippen LogP contribution in [0.25, 0.3) is 0 Å². The van der Waals surface area contributed by atoms with E-state index in [0.717, 1.165) is 29.6 Å². The second-order valence-corrected chi connectivity index (χ2v) is 5.54. The van der Waals surface area contributed by atoms with Gasteiger partial charge in [-0.3, -0.25) is 0 Å². The van der Waals surface area contributed by atoms with Crippen molar-refractivity contribution in [2.24, 2.45) is 5.92 Å². The fraction of sp³-hybridized carbons (Fsp3) is 0.647. The standard InChI is InChI=1S/C17H27NO2/c1-3-20-16-11-10-15(12-17(16)19-2)18-13-14-8-6-4-5-7-9-14/h10-12,14,18H,3-9,13H2,1-2H3. The highest BCUT2D eigenvalue weighted by Gasteiger charge is 2.12. The molecule has 0 bridgehead atoms. The van der Waals surface area contributed by atoms with Crippen LogP contribution < -0.4 is 14.8 Å². The molecule has 112 valence electrons. The molecule has 3 heteroatoms. The highest BCUT2D eigenvalue weighted by molar-refractivity contribution is 5.54. The molecule has 0 aliphatic heterocycles. The predicted molar refractivity (Wildman–Crippen MR) is 83.8 cm³/mol. The van der Waals surface area contributed by atoms with Crippen molar-refractivity contribution in [3.63, 3.8) is 0 Å². The number of hydrogen-bond donors (Lipinski definition) is 1. The third-order valence-electron chi connectivity index (χ3n) is 4.03. The summed E-state index contributed by atoms with van der Waals surface area (Å²) >= 11 is 0. The number of rotatable bonds is 6. The van der Waals surface area contributed by atoms with Gasteiger partial charge < -0.3 is 14.8 Å². The van der Waals surface area contributed by atoms with Crippen LogP contribution in [0.5, 0.6) is 11.5 Å². The highest BCUT2D eigenvalue weighted by atomic mass is 16.5. The first-order valence-corrected chi connectivity index (χ1v) is 7.88. The number of methoxy groups -OCH3 is 1. The van der Waals surface area contributed by atoms with E-state index in [1.165, 1.54) is 38.5 Å². The summed E-state index contributed by atoms with van der Waals surface area (Å²) < 4.78 is 10.9. The average Bonchev–Trinajstić information content (AvgIpc) is 2.75. The van der Waals surface area contributed by atoms with Crippen LogP contribution in [0.15, 0.2) is 18.2 Å². The van der Waals surface area contributed by atoms with Gasteiger partial charge in [0.1, 0.15) is 0 Å². The summed E-state index contributed by atoms with van der Waals surface area (Å²) in [5.74, 6) is 2.43. The molecule has 0 radical (unpaired) electrons. The Morgan fingerprint density at radius 2 is 1.85 bits per heavy atom. The van der Waals surface area contributed by atoms with Crippen LogP contribution in [-0.4, -0.2) is 20.3 Å². The van der Waals surface area contributed by atoms with E-state index in [-0.39, 0.29) is 0 Å². The van der Waals surface area contributed by atoms with Crippen LogP contribution in [0.4, 0.5) is 5.69 Å². The Hall–Kier alpha value is -1.38. The number of benzene rings is 1. The summed E-state index contributed by atoms with van der Waals surface area (Å²) in [5, 5.41) is 3.55. The molecule has 0 spiro atoms. The van der Waals surface area contributed by atoms with Gasteiger partial charge in [-0.15, -0.1) is 0 Å². The van der Waals surface area contributed by atoms with E-state index in [1.807, 2.05) is 19.1 Å². The van der Waals surface area contributed by atoms with Crippen molar-refractivity contribution in [3.05, 3.63) is 18.2 Å². The molecule has 1 aliphatic carbocycles. The minimum absolute atomic E-state index is 0.658. The van der Waals surface area contributed by atoms with Gasteiger partial charge in [0.2, 0.25) is 0 Å². The van der Waals surface area contributed by atoms with E-state index >= 15 is 0 Å². The maximum atomic E-state index is 5.54. The van der Waals surface area contributed by atoms with Crippen LogP contribution in [0.3, 0.4) is 0 Å². The SMILES string of the molecule is CCOc1ccc(NCC2CCCCCC2)cc1OC. The Morgan fingerprint density at radius 3 is 2.50 bits per heavy atom. The zero-order valence-corrected chi connectivity index (χ0v) is 12.8. The summed E-state index contributed by atoms with van der Waals surface area (Å²) in [4.78, 5) is 0. The molecule has 1 aromatic carbocycles. The predicted octanol–water partition coefficient (Wildman–Crippen LogP) is 4.48. The minimum Gasteiger partial charge on any atom is -0.493 e. The number of anilines is 1. The van der Waals surface area contributed by atoms with Crippen LogP contribution in [-0.2, 0) is 0 Å². The smallest absolute Gasteiger partial charge is 0.162 e. The van der Waals surface area contributed by atoms with Gasteiger partial charge >= 0.3 is 0 Å². The summed E-state index contributed by atoms with van der Waals surface area (Å²) in [6.07, 6.45) is 8.32. The van der Waals surface area contributed by atoms with Gasteiger partial charge in [-0.25, -0.2) is 0 Å². The monoisotopic (exact) mass is 277 g/mol. The quantitative estimate of drug-likeness (QED) is 0.778. The summed E-state index contributed by atoms with van der Waals surface area (Å²) in [5.41, 5.74) is 1.12. The van der Waals surface area contributed by atoms with Gasteiger partial charge in [0, 0.05) is 18.3 Å². The molecule has 20 heavy (non-hydrogen) atoms. The van der Waals surface area contributed by atoms with Gasteiger partial charge in [0.05, 0.1) is 13.7 Å². The Labute approximate surface area is 122 Å². The van der Waals surface area contributed by atoms with E-state index < -0.39 is 0 Å². The van der Waals surface area contributed by atoms with Crippen molar-refractivity contribution in [1.29, 1.82) is 0 Å². The molecular formula is C17H27NO2. The lowest BCUT2D eigenvalue weighted by molar-refractivity contribution is 0.311. The zero-order valence-electron chi connectivity index (χ0n) is 12.8. The summed E-state index contributed by atoms with van der Waals surface area (Å²) in [6.45, 7) is 3.71. The normalized spacial score (nSPS) is 16.5. The molecule has 2 rings (SSSR count). The van der Waals surface area contributed by atoms with Crippen molar-refractivity contribution in [1.82, 2.24) is 0 Å². The fourth-order valence-electron chi connectivity index (χ4n) is 2.88. The minimum atomic E-state index is 0.658. The lowest BCUT2D eigenvalue weighted by Gasteiger charge is -2.17. The second kappa shape index (κ2) is 8.03. The van der Waals surface area contributed by atoms with Crippen LogP contribution in [0.1, 0.15) is 45.4 Å². The van der Waals surface area contributed by atoms with E-state index in [1.54, 1.807) is 7.11 Å². The molecule has 0 saturated heterocycles. The van der Waals surface area contributed by atoms with E-state index in [2.05, 4.69) is 11.4 Å². The molecule has 0 aromatic heterocycles. The summed E-state index contributed by atoms with van der Waals surface area (Å²) in [6, 6.07) is 6.09. The first kappa shape index (κ1) is 15.0. The molecule has 0 heterocycles. The molecular weight excluding hydrogens is 250 g/mol. The van der Waals surface area contributed by atoms with E-state index in [9.17, 15) is 0 Å². The Morgan fingerprint density at radius 1 is 1.10 bits per heavy atom. The molecule has 0 atom stereocenters. The molecule has 1 fully saturated rings. The highest BCUT2D eigenvalue weighted by Crippen LogP contribution is 2.30. The Bertz CT molecular complexity index is 398. The van der Waals surface area contributed by atoms with Crippen molar-refractivity contribution in [2.45, 2.75) is 45.4 Å². The van der Waals surface area contributed by atoms with Gasteiger partial charge in [0.25, 0.3) is 0 Å². The first-order chi connectivity index (χ1) is 9.83. The molecule has 0 unspecified atom stereocenters. The van der Waals surface area contributed by atoms with Crippen molar-refractivity contribution < 1.29 is 9.47 Å². The van der Waals surface area contributed by atoms with Crippen molar-refractivity contribution in [3.8, 4) is 11.5 Å². The molecule has 1 saturated carbocycles. The average molecular weight is 277 g/mol. The third kappa shape index (κ3) is 4.32. The summed E-state index contributed by atoms with van der Waals surface area (Å²) in [7, 11) is 1.69. The Balaban J connectivity index is 1.91. The molecule has 1 aromatic rings. The van der Waals surface area contributed by atoms with Gasteiger partial charge in [0.15, 0.2) is 11.5 Å². The largest absolute Gasteiger partial charge is 0.493 e. The number of nitrogens with one attached hydrogen (secondary N) is 1. The fourth-order valence-corrected chi connectivity index (χ4v) is 2.88. The second-order valence-electron chi connectivity index (χ2n) is 5.54. The molecule has 1 aliphatic rings. The number of ether oxygens (including phenoxy) is 2. The molecule has 0 amide bonds. The van der Waals surface area contributed by atoms with Crippen LogP contribution in [0, 0.1) is 5.92 Å². The number of hydrogen-bond acceptors (Lipinski definition) is 3. The third-order valence-corrected chi connectivity index (χ3v) is 4.03. The van der Waals surface area contributed by atoms with Crippen LogP contribution in [0.2, 0.25) is 0 Å². The van der Waals surface area contributed by atoms with Crippen molar-refractivity contribution in [2.75, 3.05) is 25.6 Å².